The first-order chi connectivity index (χ1) is 11.6. The molecular weight excluding hydrogens is 324 g/mol. The van der Waals surface area contributed by atoms with Crippen molar-refractivity contribution in [3.8, 4) is 11.5 Å². The Morgan fingerprint density at radius 3 is 2.12 bits per heavy atom. The van der Waals surface area contributed by atoms with E-state index in [2.05, 4.69) is 6.58 Å². The molecule has 2 rings (SSSR count). The summed E-state index contributed by atoms with van der Waals surface area (Å²) in [4.78, 5) is 13.3. The summed E-state index contributed by atoms with van der Waals surface area (Å²) in [6.07, 6.45) is 0.811. The van der Waals surface area contributed by atoms with Crippen LogP contribution in [0.1, 0.15) is 6.92 Å². The zero-order valence-electron chi connectivity index (χ0n) is 13.7. The van der Waals surface area contributed by atoms with E-state index in [-0.39, 0.29) is 6.10 Å². The van der Waals surface area contributed by atoms with Crippen molar-refractivity contribution in [2.45, 2.75) is 22.8 Å². The number of esters is 1. The molecule has 0 aliphatic carbocycles. The Morgan fingerprint density at radius 2 is 1.62 bits per heavy atom. The molecule has 0 amide bonds. The summed E-state index contributed by atoms with van der Waals surface area (Å²) >= 11 is 1.66. The van der Waals surface area contributed by atoms with Crippen LogP contribution in [0.15, 0.2) is 71.0 Å². The van der Waals surface area contributed by atoms with E-state index in [9.17, 15) is 4.79 Å². The van der Waals surface area contributed by atoms with Crippen LogP contribution in [0, 0.1) is 0 Å². The highest BCUT2D eigenvalue weighted by Gasteiger charge is 2.07. The van der Waals surface area contributed by atoms with Crippen molar-refractivity contribution in [2.24, 2.45) is 0 Å². The molecule has 2 aromatic carbocycles. The molecule has 0 N–H and O–H groups in total. The Kier molecular flexibility index (Phi) is 6.75. The second kappa shape index (κ2) is 9.03. The summed E-state index contributed by atoms with van der Waals surface area (Å²) < 4.78 is 15.8. The van der Waals surface area contributed by atoms with Gasteiger partial charge in [0.2, 0.25) is 0 Å². The Hall–Kier alpha value is -2.40. The third-order valence-electron chi connectivity index (χ3n) is 3.09. The Morgan fingerprint density at radius 1 is 1.08 bits per heavy atom. The summed E-state index contributed by atoms with van der Waals surface area (Å²) in [5.74, 6) is 1.13. The molecule has 0 saturated heterocycles. The third-order valence-corrected chi connectivity index (χ3v) is 4.10. The molecule has 0 saturated carbocycles. The number of hydrogen-bond acceptors (Lipinski definition) is 5. The van der Waals surface area contributed by atoms with Gasteiger partial charge in [0.1, 0.15) is 24.2 Å². The van der Waals surface area contributed by atoms with Gasteiger partial charge < -0.3 is 14.2 Å². The van der Waals surface area contributed by atoms with E-state index in [0.29, 0.717) is 6.61 Å². The third kappa shape index (κ3) is 5.66. The quantitative estimate of drug-likeness (QED) is 0.526. The highest BCUT2D eigenvalue weighted by Crippen LogP contribution is 2.30. The van der Waals surface area contributed by atoms with Crippen molar-refractivity contribution in [1.82, 2.24) is 0 Å². The van der Waals surface area contributed by atoms with Crippen molar-refractivity contribution < 1.29 is 19.0 Å². The minimum absolute atomic E-state index is 0.296. The maximum Gasteiger partial charge on any atom is 0.330 e. The minimum Gasteiger partial charge on any atom is -0.497 e. The average Bonchev–Trinajstić information content (AvgIpc) is 2.61. The molecule has 0 bridgehead atoms. The van der Waals surface area contributed by atoms with Gasteiger partial charge in [-0.3, -0.25) is 0 Å². The molecule has 1 atom stereocenters. The van der Waals surface area contributed by atoms with Gasteiger partial charge in [0.05, 0.1) is 7.11 Å². The number of carbonyl (C=O) groups is 1. The molecule has 0 spiro atoms. The molecule has 4 nitrogen and oxygen atoms in total. The normalized spacial score (nSPS) is 11.4. The molecule has 0 aliphatic heterocycles. The van der Waals surface area contributed by atoms with E-state index in [1.807, 2.05) is 48.5 Å². The second-order valence-electron chi connectivity index (χ2n) is 5.01. The summed E-state index contributed by atoms with van der Waals surface area (Å²) in [6, 6.07) is 15.7. The predicted octanol–water partition coefficient (Wildman–Crippen LogP) is 4.34. The summed E-state index contributed by atoms with van der Waals surface area (Å²) in [6.45, 7) is 5.43. The standard InChI is InChI=1S/C19H20O4S/c1-4-19(20)23-14(2)13-22-16-7-11-18(12-8-16)24-17-9-5-15(21-3)6-10-17/h4-12,14H,1,13H2,2-3H3. The number of carbonyl (C=O) groups excluding carboxylic acids is 1. The van der Waals surface area contributed by atoms with Crippen LogP contribution >= 0.6 is 11.8 Å². The SMILES string of the molecule is C=CC(=O)OC(C)COc1ccc(Sc2ccc(OC)cc2)cc1. The fraction of sp³-hybridized carbons (Fsp3) is 0.211. The van der Waals surface area contributed by atoms with E-state index in [4.69, 9.17) is 14.2 Å². The van der Waals surface area contributed by atoms with Gasteiger partial charge in [-0.05, 0) is 55.5 Å². The van der Waals surface area contributed by atoms with Gasteiger partial charge in [-0.2, -0.15) is 0 Å². The number of methoxy groups -OCH3 is 1. The molecule has 0 aromatic heterocycles. The van der Waals surface area contributed by atoms with Gasteiger partial charge in [0, 0.05) is 15.9 Å². The van der Waals surface area contributed by atoms with Crippen LogP contribution in [0.2, 0.25) is 0 Å². The smallest absolute Gasteiger partial charge is 0.330 e. The summed E-state index contributed by atoms with van der Waals surface area (Å²) in [5, 5.41) is 0. The Balaban J connectivity index is 1.85. The molecule has 0 radical (unpaired) electrons. The molecule has 1 unspecified atom stereocenters. The van der Waals surface area contributed by atoms with E-state index < -0.39 is 5.97 Å². The van der Waals surface area contributed by atoms with Crippen LogP contribution in [-0.4, -0.2) is 25.8 Å². The first kappa shape index (κ1) is 17.9. The molecule has 126 valence electrons. The van der Waals surface area contributed by atoms with E-state index in [1.165, 1.54) is 0 Å². The van der Waals surface area contributed by atoms with Crippen LogP contribution in [-0.2, 0) is 9.53 Å². The molecule has 0 fully saturated rings. The van der Waals surface area contributed by atoms with Crippen molar-refractivity contribution >= 4 is 17.7 Å². The van der Waals surface area contributed by atoms with E-state index >= 15 is 0 Å². The van der Waals surface area contributed by atoms with Crippen LogP contribution in [0.25, 0.3) is 0 Å². The molecule has 0 aliphatic rings. The van der Waals surface area contributed by atoms with Gasteiger partial charge in [-0.1, -0.05) is 18.3 Å². The zero-order chi connectivity index (χ0) is 17.4. The lowest BCUT2D eigenvalue weighted by Crippen LogP contribution is -2.20. The second-order valence-corrected chi connectivity index (χ2v) is 6.16. The highest BCUT2D eigenvalue weighted by molar-refractivity contribution is 7.99. The molecule has 5 heteroatoms. The van der Waals surface area contributed by atoms with E-state index in [1.54, 1.807) is 25.8 Å². The summed E-state index contributed by atoms with van der Waals surface area (Å²) in [7, 11) is 1.65. The highest BCUT2D eigenvalue weighted by atomic mass is 32.2. The number of hydrogen-bond donors (Lipinski definition) is 0. The fourth-order valence-electron chi connectivity index (χ4n) is 1.88. The van der Waals surface area contributed by atoms with Gasteiger partial charge in [0.25, 0.3) is 0 Å². The van der Waals surface area contributed by atoms with Gasteiger partial charge in [-0.15, -0.1) is 0 Å². The maximum absolute atomic E-state index is 11.1. The van der Waals surface area contributed by atoms with Gasteiger partial charge >= 0.3 is 5.97 Å². The zero-order valence-corrected chi connectivity index (χ0v) is 14.5. The molecular formula is C19H20O4S. The monoisotopic (exact) mass is 344 g/mol. The van der Waals surface area contributed by atoms with Crippen molar-refractivity contribution in [2.75, 3.05) is 13.7 Å². The summed E-state index contributed by atoms with van der Waals surface area (Å²) in [5.41, 5.74) is 0. The lowest BCUT2D eigenvalue weighted by Gasteiger charge is -2.13. The topological polar surface area (TPSA) is 44.8 Å². The van der Waals surface area contributed by atoms with Crippen LogP contribution in [0.5, 0.6) is 11.5 Å². The number of rotatable bonds is 8. The van der Waals surface area contributed by atoms with Crippen molar-refractivity contribution in [3.63, 3.8) is 0 Å². The largest absolute Gasteiger partial charge is 0.497 e. The minimum atomic E-state index is -0.447. The van der Waals surface area contributed by atoms with Crippen molar-refractivity contribution in [3.05, 3.63) is 61.2 Å². The van der Waals surface area contributed by atoms with Crippen LogP contribution in [0.3, 0.4) is 0 Å². The first-order valence-corrected chi connectivity index (χ1v) is 8.30. The lowest BCUT2D eigenvalue weighted by molar-refractivity contribution is -0.143. The van der Waals surface area contributed by atoms with Crippen LogP contribution < -0.4 is 9.47 Å². The van der Waals surface area contributed by atoms with Gasteiger partial charge in [0.15, 0.2) is 0 Å². The maximum atomic E-state index is 11.1. The average molecular weight is 344 g/mol. The number of ether oxygens (including phenoxy) is 3. The lowest BCUT2D eigenvalue weighted by atomic mass is 10.3. The molecule has 2 aromatic rings. The molecule has 0 heterocycles. The molecule has 24 heavy (non-hydrogen) atoms. The van der Waals surface area contributed by atoms with Gasteiger partial charge in [-0.25, -0.2) is 4.79 Å². The van der Waals surface area contributed by atoms with Crippen molar-refractivity contribution in [1.29, 1.82) is 0 Å². The number of benzene rings is 2. The van der Waals surface area contributed by atoms with Crippen LogP contribution in [0.4, 0.5) is 0 Å². The Bertz CT molecular complexity index is 665. The first-order valence-electron chi connectivity index (χ1n) is 7.48. The Labute approximate surface area is 146 Å². The predicted molar refractivity (Wildman–Crippen MR) is 94.8 cm³/mol. The van der Waals surface area contributed by atoms with E-state index in [0.717, 1.165) is 27.4 Å². The fourth-order valence-corrected chi connectivity index (χ4v) is 2.69.